The van der Waals surface area contributed by atoms with E-state index in [4.69, 9.17) is 33.0 Å². The van der Waals surface area contributed by atoms with Gasteiger partial charge in [0.1, 0.15) is 0 Å². The zero-order chi connectivity index (χ0) is 11.4. The monoisotopic (exact) mass is 248 g/mol. The lowest BCUT2D eigenvalue weighted by Crippen LogP contribution is -2.19. The summed E-state index contributed by atoms with van der Waals surface area (Å²) in [5.41, 5.74) is 0.789. The van der Waals surface area contributed by atoms with Crippen molar-refractivity contribution in [3.05, 3.63) is 33.8 Å². The van der Waals surface area contributed by atoms with Gasteiger partial charge < -0.3 is 9.84 Å². The number of rotatable bonds is 4. The van der Waals surface area contributed by atoms with Gasteiger partial charge >= 0.3 is 5.97 Å². The number of aliphatic carboxylic acids is 1. The van der Waals surface area contributed by atoms with E-state index < -0.39 is 12.1 Å². The van der Waals surface area contributed by atoms with Crippen molar-refractivity contribution in [2.75, 3.05) is 0 Å². The van der Waals surface area contributed by atoms with Gasteiger partial charge in [-0.1, -0.05) is 29.3 Å². The largest absolute Gasteiger partial charge is 0.479 e. The van der Waals surface area contributed by atoms with E-state index in [9.17, 15) is 4.79 Å². The first-order chi connectivity index (χ1) is 7.00. The van der Waals surface area contributed by atoms with Gasteiger partial charge in [0.25, 0.3) is 0 Å². The third kappa shape index (κ3) is 3.70. The molecule has 1 unspecified atom stereocenters. The van der Waals surface area contributed by atoms with E-state index in [2.05, 4.69) is 0 Å². The molecule has 15 heavy (non-hydrogen) atoms. The second-order valence-electron chi connectivity index (χ2n) is 3.04. The highest BCUT2D eigenvalue weighted by atomic mass is 35.5. The zero-order valence-electron chi connectivity index (χ0n) is 8.04. The standard InChI is InChI=1S/C10H10Cl2O3/c1-6(10(13)14)15-5-7-2-3-8(11)9(12)4-7/h2-4,6H,5H2,1H3,(H,13,14). The second kappa shape index (κ2) is 5.35. The number of ether oxygens (including phenoxy) is 1. The fourth-order valence-electron chi connectivity index (χ4n) is 0.922. The van der Waals surface area contributed by atoms with Crippen LogP contribution >= 0.6 is 23.2 Å². The first kappa shape index (κ1) is 12.3. The molecule has 0 radical (unpaired) electrons. The molecular formula is C10H10Cl2O3. The summed E-state index contributed by atoms with van der Waals surface area (Å²) >= 11 is 11.5. The van der Waals surface area contributed by atoms with Crippen LogP contribution in [0.4, 0.5) is 0 Å². The van der Waals surface area contributed by atoms with E-state index >= 15 is 0 Å². The summed E-state index contributed by atoms with van der Waals surface area (Å²) in [4.78, 5) is 10.5. The van der Waals surface area contributed by atoms with Gasteiger partial charge in [-0.3, -0.25) is 0 Å². The fourth-order valence-corrected chi connectivity index (χ4v) is 1.24. The zero-order valence-corrected chi connectivity index (χ0v) is 9.55. The summed E-state index contributed by atoms with van der Waals surface area (Å²) in [7, 11) is 0. The minimum Gasteiger partial charge on any atom is -0.479 e. The van der Waals surface area contributed by atoms with Crippen LogP contribution in [0.15, 0.2) is 18.2 Å². The minimum absolute atomic E-state index is 0.199. The third-order valence-electron chi connectivity index (χ3n) is 1.83. The molecule has 0 saturated heterocycles. The van der Waals surface area contributed by atoms with Gasteiger partial charge in [0.2, 0.25) is 0 Å². The number of benzene rings is 1. The number of halogens is 2. The number of carbonyl (C=O) groups is 1. The Morgan fingerprint density at radius 3 is 2.67 bits per heavy atom. The Hall–Kier alpha value is -0.770. The van der Waals surface area contributed by atoms with Crippen molar-refractivity contribution in [3.63, 3.8) is 0 Å². The van der Waals surface area contributed by atoms with E-state index in [1.165, 1.54) is 6.92 Å². The fraction of sp³-hybridized carbons (Fsp3) is 0.300. The van der Waals surface area contributed by atoms with Crippen LogP contribution in [0, 0.1) is 0 Å². The van der Waals surface area contributed by atoms with E-state index in [0.717, 1.165) is 5.56 Å². The molecule has 0 aliphatic carbocycles. The van der Waals surface area contributed by atoms with Crippen LogP contribution in [0.3, 0.4) is 0 Å². The molecular weight excluding hydrogens is 239 g/mol. The maximum atomic E-state index is 10.5. The molecule has 1 N–H and O–H groups in total. The normalized spacial score (nSPS) is 12.5. The van der Waals surface area contributed by atoms with Crippen LogP contribution in [0.25, 0.3) is 0 Å². The Morgan fingerprint density at radius 2 is 2.13 bits per heavy atom. The Bertz CT molecular complexity index is 366. The summed E-state index contributed by atoms with van der Waals surface area (Å²) < 4.78 is 5.08. The first-order valence-corrected chi connectivity index (χ1v) is 5.04. The van der Waals surface area contributed by atoms with Gasteiger partial charge in [0.15, 0.2) is 6.10 Å². The van der Waals surface area contributed by atoms with Gasteiger partial charge in [-0.05, 0) is 24.6 Å². The first-order valence-electron chi connectivity index (χ1n) is 4.29. The Labute approximate surface area is 97.6 Å². The van der Waals surface area contributed by atoms with Gasteiger partial charge in [0, 0.05) is 0 Å². The molecule has 3 nitrogen and oxygen atoms in total. The summed E-state index contributed by atoms with van der Waals surface area (Å²) in [5, 5.41) is 9.48. The van der Waals surface area contributed by atoms with Crippen LogP contribution in [-0.4, -0.2) is 17.2 Å². The molecule has 0 aliphatic rings. The summed E-state index contributed by atoms with van der Waals surface area (Å²) in [6.45, 7) is 1.67. The van der Waals surface area contributed by atoms with Crippen molar-refractivity contribution in [2.45, 2.75) is 19.6 Å². The van der Waals surface area contributed by atoms with Gasteiger partial charge in [0.05, 0.1) is 16.7 Å². The smallest absolute Gasteiger partial charge is 0.332 e. The average Bonchev–Trinajstić information content (AvgIpc) is 2.19. The van der Waals surface area contributed by atoms with Crippen LogP contribution in [0.5, 0.6) is 0 Å². The van der Waals surface area contributed by atoms with E-state index in [0.29, 0.717) is 10.0 Å². The Kier molecular flexibility index (Phi) is 4.39. The van der Waals surface area contributed by atoms with E-state index in [-0.39, 0.29) is 6.61 Å². The van der Waals surface area contributed by atoms with Crippen LogP contribution in [-0.2, 0) is 16.1 Å². The Balaban J connectivity index is 2.58. The van der Waals surface area contributed by atoms with E-state index in [1.807, 2.05) is 0 Å². The van der Waals surface area contributed by atoms with Crippen molar-refractivity contribution in [2.24, 2.45) is 0 Å². The highest BCUT2D eigenvalue weighted by molar-refractivity contribution is 6.42. The number of hydrogen-bond donors (Lipinski definition) is 1. The second-order valence-corrected chi connectivity index (χ2v) is 3.85. The Morgan fingerprint density at radius 1 is 1.47 bits per heavy atom. The molecule has 1 aromatic rings. The summed E-state index contributed by atoms with van der Waals surface area (Å²) in [6.07, 6.45) is -0.834. The summed E-state index contributed by atoms with van der Waals surface area (Å²) in [5.74, 6) is -0.991. The highest BCUT2D eigenvalue weighted by Gasteiger charge is 2.11. The van der Waals surface area contributed by atoms with Crippen LogP contribution in [0.2, 0.25) is 10.0 Å². The third-order valence-corrected chi connectivity index (χ3v) is 2.57. The lowest BCUT2D eigenvalue weighted by Gasteiger charge is -2.08. The predicted molar refractivity (Wildman–Crippen MR) is 58.3 cm³/mol. The van der Waals surface area contributed by atoms with Gasteiger partial charge in [-0.15, -0.1) is 0 Å². The molecule has 0 amide bonds. The van der Waals surface area contributed by atoms with Gasteiger partial charge in [-0.2, -0.15) is 0 Å². The van der Waals surface area contributed by atoms with Crippen molar-refractivity contribution >= 4 is 29.2 Å². The quantitative estimate of drug-likeness (QED) is 0.892. The molecule has 0 saturated carbocycles. The van der Waals surface area contributed by atoms with Crippen molar-refractivity contribution in [3.8, 4) is 0 Å². The molecule has 1 rings (SSSR count). The number of carboxylic acid groups (broad SMARTS) is 1. The van der Waals surface area contributed by atoms with Gasteiger partial charge in [-0.25, -0.2) is 4.79 Å². The number of carboxylic acids is 1. The van der Waals surface area contributed by atoms with Crippen molar-refractivity contribution < 1.29 is 14.6 Å². The molecule has 0 aromatic heterocycles. The highest BCUT2D eigenvalue weighted by Crippen LogP contribution is 2.22. The molecule has 5 heteroatoms. The topological polar surface area (TPSA) is 46.5 Å². The summed E-state index contributed by atoms with van der Waals surface area (Å²) in [6, 6.07) is 5.04. The maximum Gasteiger partial charge on any atom is 0.332 e. The molecule has 1 aromatic carbocycles. The molecule has 0 aliphatic heterocycles. The number of hydrogen-bond acceptors (Lipinski definition) is 2. The SMILES string of the molecule is CC(OCc1ccc(Cl)c(Cl)c1)C(=O)O. The minimum atomic E-state index is -0.991. The van der Waals surface area contributed by atoms with Crippen LogP contribution in [0.1, 0.15) is 12.5 Å². The van der Waals surface area contributed by atoms with Crippen molar-refractivity contribution in [1.82, 2.24) is 0 Å². The lowest BCUT2D eigenvalue weighted by atomic mass is 10.2. The molecule has 0 fully saturated rings. The molecule has 1 atom stereocenters. The molecule has 0 spiro atoms. The molecule has 0 bridgehead atoms. The predicted octanol–water partition coefficient (Wildman–Crippen LogP) is 2.98. The lowest BCUT2D eigenvalue weighted by molar-refractivity contribution is -0.149. The van der Waals surface area contributed by atoms with Crippen molar-refractivity contribution in [1.29, 1.82) is 0 Å². The maximum absolute atomic E-state index is 10.5. The van der Waals surface area contributed by atoms with Crippen LogP contribution < -0.4 is 0 Å². The molecule has 0 heterocycles. The average molecular weight is 249 g/mol. The molecule has 82 valence electrons. The van der Waals surface area contributed by atoms with E-state index in [1.54, 1.807) is 18.2 Å².